The summed E-state index contributed by atoms with van der Waals surface area (Å²) in [6, 6.07) is 31.8. The van der Waals surface area contributed by atoms with Crippen molar-refractivity contribution in [3.63, 3.8) is 0 Å². The van der Waals surface area contributed by atoms with E-state index in [9.17, 15) is 4.79 Å². The Balaban J connectivity index is 1.49. The fourth-order valence-corrected chi connectivity index (χ4v) is 5.75. The van der Waals surface area contributed by atoms with Crippen LogP contribution in [-0.4, -0.2) is 74.2 Å². The number of rotatable bonds is 8. The molecule has 200 valence electrons. The molecular weight excluding hydrogens is 488 g/mol. The molecule has 4 aromatic rings. The van der Waals surface area contributed by atoms with E-state index < -0.39 is 6.04 Å². The Labute approximate surface area is 229 Å². The van der Waals surface area contributed by atoms with E-state index in [0.717, 1.165) is 29.8 Å². The van der Waals surface area contributed by atoms with Gasteiger partial charge in [0.15, 0.2) is 5.78 Å². The van der Waals surface area contributed by atoms with E-state index in [1.807, 2.05) is 72.8 Å². The second kappa shape index (κ2) is 12.1. The molecular formula is C33H34N2O4. The summed E-state index contributed by atoms with van der Waals surface area (Å²) in [5.41, 5.74) is 3.60. The Morgan fingerprint density at radius 1 is 0.641 bits per heavy atom. The van der Waals surface area contributed by atoms with Gasteiger partial charge in [0.2, 0.25) is 0 Å². The van der Waals surface area contributed by atoms with Crippen molar-refractivity contribution in [1.82, 2.24) is 9.80 Å². The predicted molar refractivity (Wildman–Crippen MR) is 152 cm³/mol. The Hall–Kier alpha value is -3.55. The van der Waals surface area contributed by atoms with Crippen LogP contribution in [0.15, 0.2) is 101 Å². The van der Waals surface area contributed by atoms with E-state index in [0.29, 0.717) is 56.6 Å². The highest BCUT2D eigenvalue weighted by Crippen LogP contribution is 2.37. The molecule has 2 saturated heterocycles. The van der Waals surface area contributed by atoms with Crippen LogP contribution in [-0.2, 0) is 9.47 Å². The van der Waals surface area contributed by atoms with Crippen LogP contribution in [0.4, 0.5) is 0 Å². The maximum atomic E-state index is 14.9. The van der Waals surface area contributed by atoms with Gasteiger partial charge in [-0.15, -0.1) is 0 Å². The summed E-state index contributed by atoms with van der Waals surface area (Å²) in [5.74, 6) is 1.38. The number of carbonyl (C=O) groups excluding carboxylic acids is 1. The lowest BCUT2D eigenvalue weighted by molar-refractivity contribution is -0.0301. The smallest absolute Gasteiger partial charge is 0.185 e. The molecule has 0 amide bonds. The maximum Gasteiger partial charge on any atom is 0.185 e. The molecule has 6 rings (SSSR count). The fourth-order valence-electron chi connectivity index (χ4n) is 5.75. The number of hydrogen-bond acceptors (Lipinski definition) is 6. The van der Waals surface area contributed by atoms with Crippen LogP contribution < -0.4 is 0 Å². The molecule has 0 bridgehead atoms. The topological polar surface area (TPSA) is 55.2 Å². The number of ether oxygens (including phenoxy) is 2. The van der Waals surface area contributed by atoms with Gasteiger partial charge in [0, 0.05) is 37.3 Å². The van der Waals surface area contributed by atoms with Crippen LogP contribution in [0.3, 0.4) is 0 Å². The molecule has 0 N–H and O–H groups in total. The molecule has 2 aliphatic rings. The number of benzene rings is 3. The third kappa shape index (κ3) is 5.60. The van der Waals surface area contributed by atoms with Crippen LogP contribution in [0.25, 0.3) is 22.6 Å². The molecule has 0 unspecified atom stereocenters. The summed E-state index contributed by atoms with van der Waals surface area (Å²) >= 11 is 0. The normalized spacial score (nSPS) is 18.5. The Kier molecular flexibility index (Phi) is 7.98. The lowest BCUT2D eigenvalue weighted by Gasteiger charge is -2.44. The molecule has 6 heteroatoms. The van der Waals surface area contributed by atoms with Crippen molar-refractivity contribution < 1.29 is 18.7 Å². The minimum atomic E-state index is -0.405. The van der Waals surface area contributed by atoms with Crippen LogP contribution in [0, 0.1) is 0 Å². The highest BCUT2D eigenvalue weighted by Gasteiger charge is 2.41. The van der Waals surface area contributed by atoms with E-state index in [1.54, 1.807) is 0 Å². The third-order valence-corrected chi connectivity index (χ3v) is 7.68. The first-order valence-electron chi connectivity index (χ1n) is 13.8. The zero-order chi connectivity index (χ0) is 26.4. The van der Waals surface area contributed by atoms with E-state index in [1.165, 1.54) is 0 Å². The zero-order valence-electron chi connectivity index (χ0n) is 22.1. The van der Waals surface area contributed by atoms with Gasteiger partial charge in [-0.1, -0.05) is 91.0 Å². The summed E-state index contributed by atoms with van der Waals surface area (Å²) in [6.45, 7) is 5.50. The van der Waals surface area contributed by atoms with Crippen molar-refractivity contribution in [3.05, 3.63) is 108 Å². The average Bonchev–Trinajstić information content (AvgIpc) is 3.47. The van der Waals surface area contributed by atoms with Gasteiger partial charge in [-0.25, -0.2) is 0 Å². The molecule has 2 aliphatic heterocycles. The number of morpholine rings is 2. The largest absolute Gasteiger partial charge is 0.455 e. The first kappa shape index (κ1) is 25.7. The molecule has 0 saturated carbocycles. The number of carbonyl (C=O) groups is 1. The number of nitrogens with zero attached hydrogens (tertiary/aromatic N) is 2. The SMILES string of the molecule is O=C(c1cc(-c2ccccc2)oc1-c1ccccc1)[C@H]([C@H](c1ccccc1)N1CCOCC1)N1CCOCC1. The predicted octanol–water partition coefficient (Wildman–Crippen LogP) is 5.57. The fraction of sp³-hybridized carbons (Fsp3) is 0.303. The van der Waals surface area contributed by atoms with Gasteiger partial charge in [0.1, 0.15) is 11.5 Å². The Morgan fingerprint density at radius 2 is 1.15 bits per heavy atom. The van der Waals surface area contributed by atoms with Gasteiger partial charge in [-0.05, 0) is 11.6 Å². The molecule has 39 heavy (non-hydrogen) atoms. The first-order valence-corrected chi connectivity index (χ1v) is 13.8. The highest BCUT2D eigenvalue weighted by molar-refractivity contribution is 6.06. The molecule has 2 fully saturated rings. The maximum absolute atomic E-state index is 14.9. The summed E-state index contributed by atoms with van der Waals surface area (Å²) in [4.78, 5) is 19.7. The lowest BCUT2D eigenvalue weighted by Crippen LogP contribution is -2.55. The van der Waals surface area contributed by atoms with Gasteiger partial charge >= 0.3 is 0 Å². The zero-order valence-corrected chi connectivity index (χ0v) is 22.1. The number of ketones is 1. The molecule has 3 heterocycles. The van der Waals surface area contributed by atoms with Crippen LogP contribution in [0.5, 0.6) is 0 Å². The van der Waals surface area contributed by atoms with Crippen molar-refractivity contribution in [3.8, 4) is 22.6 Å². The van der Waals surface area contributed by atoms with Crippen molar-refractivity contribution in [1.29, 1.82) is 0 Å². The lowest BCUT2D eigenvalue weighted by atomic mass is 9.88. The van der Waals surface area contributed by atoms with Crippen molar-refractivity contribution in [2.75, 3.05) is 52.6 Å². The van der Waals surface area contributed by atoms with Crippen LogP contribution in [0.2, 0.25) is 0 Å². The van der Waals surface area contributed by atoms with Gasteiger partial charge in [0.25, 0.3) is 0 Å². The van der Waals surface area contributed by atoms with E-state index in [4.69, 9.17) is 13.9 Å². The first-order chi connectivity index (χ1) is 19.3. The molecule has 3 aromatic carbocycles. The molecule has 0 aliphatic carbocycles. The third-order valence-electron chi connectivity index (χ3n) is 7.68. The molecule has 2 atom stereocenters. The Morgan fingerprint density at radius 3 is 1.74 bits per heavy atom. The van der Waals surface area contributed by atoms with Gasteiger partial charge in [0.05, 0.1) is 44.1 Å². The van der Waals surface area contributed by atoms with E-state index in [-0.39, 0.29) is 11.8 Å². The number of hydrogen-bond donors (Lipinski definition) is 0. The number of furan rings is 1. The molecule has 6 nitrogen and oxygen atoms in total. The van der Waals surface area contributed by atoms with E-state index in [2.05, 4.69) is 34.1 Å². The van der Waals surface area contributed by atoms with Crippen molar-refractivity contribution >= 4 is 5.78 Å². The van der Waals surface area contributed by atoms with Gasteiger partial charge < -0.3 is 13.9 Å². The minimum absolute atomic E-state index is 0.0713. The van der Waals surface area contributed by atoms with Crippen LogP contribution >= 0.6 is 0 Å². The average molecular weight is 523 g/mol. The monoisotopic (exact) mass is 522 g/mol. The Bertz CT molecular complexity index is 1340. The number of Topliss-reactive ketones (excluding diaryl/α,β-unsaturated/α-hetero) is 1. The second-order valence-electron chi connectivity index (χ2n) is 10.0. The minimum Gasteiger partial charge on any atom is -0.455 e. The molecule has 0 spiro atoms. The summed E-state index contributed by atoms with van der Waals surface area (Å²) in [5, 5.41) is 0. The van der Waals surface area contributed by atoms with Crippen LogP contribution in [0.1, 0.15) is 22.0 Å². The molecule has 1 aromatic heterocycles. The van der Waals surface area contributed by atoms with Gasteiger partial charge in [-0.3, -0.25) is 14.6 Å². The second-order valence-corrected chi connectivity index (χ2v) is 10.0. The summed E-state index contributed by atoms with van der Waals surface area (Å²) in [6.07, 6.45) is 0. The van der Waals surface area contributed by atoms with Gasteiger partial charge in [-0.2, -0.15) is 0 Å². The molecule has 0 radical (unpaired) electrons. The highest BCUT2D eigenvalue weighted by atomic mass is 16.5. The quantitative estimate of drug-likeness (QED) is 0.282. The standard InChI is InChI=1S/C33H34N2O4/c36-32(28-24-29(25-10-4-1-5-11-25)39-33(28)27-14-8-3-9-15-27)31(35-18-22-38-23-19-35)30(26-12-6-2-7-13-26)34-16-20-37-21-17-34/h1-15,24,30-31H,16-23H2/t30-,31-/m0/s1. The summed E-state index contributed by atoms with van der Waals surface area (Å²) < 4.78 is 17.9. The summed E-state index contributed by atoms with van der Waals surface area (Å²) in [7, 11) is 0. The van der Waals surface area contributed by atoms with Crippen molar-refractivity contribution in [2.45, 2.75) is 12.1 Å². The van der Waals surface area contributed by atoms with E-state index >= 15 is 0 Å². The van der Waals surface area contributed by atoms with Crippen molar-refractivity contribution in [2.24, 2.45) is 0 Å².